The highest BCUT2D eigenvalue weighted by Crippen LogP contribution is 2.32. The minimum absolute atomic E-state index is 0.164. The molecule has 78 valence electrons. The van der Waals surface area contributed by atoms with Gasteiger partial charge in [-0.15, -0.1) is 0 Å². The Hall–Kier alpha value is -2.01. The smallest absolute Gasteiger partial charge is 0.339 e. The average Bonchev–Trinajstić information content (AvgIpc) is 2.73. The predicted molar refractivity (Wildman–Crippen MR) is 61.0 cm³/mol. The Morgan fingerprint density at radius 1 is 1.25 bits per heavy atom. The second-order valence-corrected chi connectivity index (χ2v) is 4.16. The van der Waals surface area contributed by atoms with E-state index in [9.17, 15) is 4.79 Å². The fourth-order valence-electron chi connectivity index (χ4n) is 1.66. The van der Waals surface area contributed by atoms with E-state index >= 15 is 0 Å². The van der Waals surface area contributed by atoms with E-state index in [2.05, 4.69) is 9.36 Å². The van der Waals surface area contributed by atoms with Crippen molar-refractivity contribution in [3.05, 3.63) is 36.0 Å². The van der Waals surface area contributed by atoms with E-state index in [-0.39, 0.29) is 5.56 Å². The van der Waals surface area contributed by atoms with E-state index in [4.69, 9.17) is 5.11 Å². The van der Waals surface area contributed by atoms with Crippen molar-refractivity contribution >= 4 is 27.6 Å². The van der Waals surface area contributed by atoms with Crippen LogP contribution in [0.15, 0.2) is 30.5 Å². The van der Waals surface area contributed by atoms with Crippen molar-refractivity contribution in [1.29, 1.82) is 0 Å². The number of rotatable bonds is 1. The number of carbonyl (C=O) groups is 1. The van der Waals surface area contributed by atoms with Crippen molar-refractivity contribution in [2.24, 2.45) is 0 Å². The van der Waals surface area contributed by atoms with Crippen molar-refractivity contribution in [3.63, 3.8) is 0 Å². The van der Waals surface area contributed by atoms with Gasteiger partial charge >= 0.3 is 5.97 Å². The van der Waals surface area contributed by atoms with E-state index in [1.807, 2.05) is 24.3 Å². The highest BCUT2D eigenvalue weighted by atomic mass is 32.1. The van der Waals surface area contributed by atoms with E-state index < -0.39 is 5.97 Å². The summed E-state index contributed by atoms with van der Waals surface area (Å²) in [5.74, 6) is -0.988. The lowest BCUT2D eigenvalue weighted by Gasteiger charge is -2.01. The molecule has 2 aliphatic heterocycles. The number of fused-ring (bicyclic) bond motifs is 3. The van der Waals surface area contributed by atoms with Crippen LogP contribution in [0.1, 0.15) is 10.4 Å². The zero-order valence-corrected chi connectivity index (χ0v) is 8.86. The molecule has 0 saturated carbocycles. The summed E-state index contributed by atoms with van der Waals surface area (Å²) in [6.45, 7) is 0. The van der Waals surface area contributed by atoms with Gasteiger partial charge in [-0.3, -0.25) is 4.98 Å². The first-order chi connectivity index (χ1) is 7.77. The molecule has 0 unspecified atom stereocenters. The summed E-state index contributed by atoms with van der Waals surface area (Å²) in [5, 5.41) is 9.92. The van der Waals surface area contributed by atoms with Gasteiger partial charge in [0.1, 0.15) is 11.3 Å². The van der Waals surface area contributed by atoms with Gasteiger partial charge in [0.15, 0.2) is 0 Å². The SMILES string of the molecule is O=C(O)c1cnc2c3ccccc3snc1-2. The highest BCUT2D eigenvalue weighted by Gasteiger charge is 2.20. The Morgan fingerprint density at radius 2 is 2.06 bits per heavy atom. The third kappa shape index (κ3) is 1.18. The van der Waals surface area contributed by atoms with Crippen molar-refractivity contribution in [2.45, 2.75) is 0 Å². The van der Waals surface area contributed by atoms with Gasteiger partial charge < -0.3 is 5.11 Å². The summed E-state index contributed by atoms with van der Waals surface area (Å²) < 4.78 is 5.19. The van der Waals surface area contributed by atoms with Gasteiger partial charge in [-0.2, -0.15) is 4.37 Å². The molecule has 3 rings (SSSR count). The van der Waals surface area contributed by atoms with Gasteiger partial charge in [-0.05, 0) is 17.6 Å². The molecule has 0 radical (unpaired) electrons. The zero-order chi connectivity index (χ0) is 11.1. The summed E-state index contributed by atoms with van der Waals surface area (Å²) in [5.41, 5.74) is 1.29. The van der Waals surface area contributed by atoms with E-state index in [1.54, 1.807) is 0 Å². The zero-order valence-electron chi connectivity index (χ0n) is 8.04. The molecule has 5 heteroatoms. The van der Waals surface area contributed by atoms with Crippen molar-refractivity contribution in [1.82, 2.24) is 9.36 Å². The largest absolute Gasteiger partial charge is 0.478 e. The molecule has 0 atom stereocenters. The lowest BCUT2D eigenvalue weighted by molar-refractivity contribution is 0.0698. The fourth-order valence-corrected chi connectivity index (χ4v) is 2.44. The first-order valence-electron chi connectivity index (χ1n) is 4.64. The molecular formula is C11H6N2O2S. The lowest BCUT2D eigenvalue weighted by Crippen LogP contribution is -1.96. The molecule has 2 aliphatic rings. The second kappa shape index (κ2) is 3.24. The molecule has 0 fully saturated rings. The third-order valence-corrected chi connectivity index (χ3v) is 3.24. The Balaban J connectivity index is 2.41. The van der Waals surface area contributed by atoms with E-state index in [1.165, 1.54) is 17.7 Å². The average molecular weight is 230 g/mol. The number of hydrogen-bond donors (Lipinski definition) is 1. The number of carboxylic acids is 1. The molecular weight excluding hydrogens is 224 g/mol. The number of aromatic nitrogens is 2. The summed E-state index contributed by atoms with van der Waals surface area (Å²) in [6.07, 6.45) is 1.36. The topological polar surface area (TPSA) is 63.1 Å². The molecule has 1 N–H and O–H groups in total. The van der Waals surface area contributed by atoms with Crippen LogP contribution in [0.3, 0.4) is 0 Å². The van der Waals surface area contributed by atoms with Crippen LogP contribution in [0.2, 0.25) is 0 Å². The summed E-state index contributed by atoms with van der Waals surface area (Å²) in [4.78, 5) is 15.1. The normalized spacial score (nSPS) is 11.0. The molecule has 0 aliphatic carbocycles. The fraction of sp³-hybridized carbons (Fsp3) is 0. The summed E-state index contributed by atoms with van der Waals surface area (Å²) >= 11 is 1.29. The monoisotopic (exact) mass is 230 g/mol. The van der Waals surface area contributed by atoms with Crippen molar-refractivity contribution in [2.75, 3.05) is 0 Å². The minimum Gasteiger partial charge on any atom is -0.478 e. The molecule has 2 heterocycles. The molecule has 0 aromatic heterocycles. The van der Waals surface area contributed by atoms with Gasteiger partial charge in [0, 0.05) is 11.6 Å². The lowest BCUT2D eigenvalue weighted by atomic mass is 10.1. The maximum Gasteiger partial charge on any atom is 0.339 e. The van der Waals surface area contributed by atoms with Gasteiger partial charge in [0.2, 0.25) is 0 Å². The summed E-state index contributed by atoms with van der Waals surface area (Å²) in [7, 11) is 0. The van der Waals surface area contributed by atoms with Crippen LogP contribution >= 0.6 is 11.5 Å². The number of nitrogens with zero attached hydrogens (tertiary/aromatic N) is 2. The summed E-state index contributed by atoms with van der Waals surface area (Å²) in [6, 6.07) is 7.70. The van der Waals surface area contributed by atoms with E-state index in [0.29, 0.717) is 11.4 Å². The maximum atomic E-state index is 10.9. The van der Waals surface area contributed by atoms with Gasteiger partial charge in [-0.1, -0.05) is 18.2 Å². The minimum atomic E-state index is -0.988. The van der Waals surface area contributed by atoms with Gasteiger partial charge in [-0.25, -0.2) is 4.79 Å². The third-order valence-electron chi connectivity index (χ3n) is 2.41. The van der Waals surface area contributed by atoms with Crippen LogP contribution in [-0.4, -0.2) is 20.4 Å². The molecule has 0 spiro atoms. The first kappa shape index (κ1) is 9.23. The molecule has 1 aromatic rings. The van der Waals surface area contributed by atoms with Crippen LogP contribution in [0.25, 0.3) is 21.5 Å². The second-order valence-electron chi connectivity index (χ2n) is 3.35. The highest BCUT2D eigenvalue weighted by molar-refractivity contribution is 7.13. The predicted octanol–water partition coefficient (Wildman–Crippen LogP) is 2.49. The molecule has 4 nitrogen and oxygen atoms in total. The molecule has 1 aromatic carbocycles. The van der Waals surface area contributed by atoms with Gasteiger partial charge in [0.05, 0.1) is 10.4 Å². The Kier molecular flexibility index (Phi) is 1.87. The molecule has 0 bridgehead atoms. The van der Waals surface area contributed by atoms with Crippen molar-refractivity contribution < 1.29 is 9.90 Å². The molecule has 0 amide bonds. The van der Waals surface area contributed by atoms with Crippen LogP contribution in [0.4, 0.5) is 0 Å². The Labute approximate surface area is 94.7 Å². The van der Waals surface area contributed by atoms with E-state index in [0.717, 1.165) is 10.1 Å². The number of hydrogen-bond acceptors (Lipinski definition) is 4. The standard InChI is InChI=1S/C11H6N2O2S/c14-11(15)7-5-12-9-6-3-1-2-4-8(6)16-13-10(7)9/h1-5H,(H,14,15). The Morgan fingerprint density at radius 3 is 2.88 bits per heavy atom. The maximum absolute atomic E-state index is 10.9. The Bertz CT molecular complexity index is 662. The number of aromatic carboxylic acids is 1. The van der Waals surface area contributed by atoms with Crippen molar-refractivity contribution in [3.8, 4) is 11.4 Å². The molecule has 0 saturated heterocycles. The number of carboxylic acid groups (broad SMARTS) is 1. The van der Waals surface area contributed by atoms with Crippen LogP contribution in [0.5, 0.6) is 0 Å². The quantitative estimate of drug-likeness (QED) is 0.697. The first-order valence-corrected chi connectivity index (χ1v) is 5.41. The number of benzene rings is 1. The van der Waals surface area contributed by atoms with Gasteiger partial charge in [0.25, 0.3) is 0 Å². The van der Waals surface area contributed by atoms with Crippen LogP contribution in [-0.2, 0) is 0 Å². The van der Waals surface area contributed by atoms with Crippen LogP contribution in [0, 0.1) is 0 Å². The van der Waals surface area contributed by atoms with Crippen LogP contribution < -0.4 is 0 Å². The molecule has 16 heavy (non-hydrogen) atoms.